The van der Waals surface area contributed by atoms with Crippen molar-refractivity contribution in [1.82, 2.24) is 9.80 Å². The number of nitrogens with two attached hydrogens (primary N) is 1. The van der Waals surface area contributed by atoms with Crippen molar-refractivity contribution < 1.29 is 9.59 Å². The van der Waals surface area contributed by atoms with Crippen LogP contribution >= 0.6 is 15.9 Å². The van der Waals surface area contributed by atoms with Crippen molar-refractivity contribution in [3.05, 3.63) is 0 Å². The maximum atomic E-state index is 11.7. The lowest BCUT2D eigenvalue weighted by Gasteiger charge is -2.20. The Morgan fingerprint density at radius 3 is 2.56 bits per heavy atom. The maximum Gasteiger partial charge on any atom is 0.231 e. The lowest BCUT2D eigenvalue weighted by Crippen LogP contribution is -2.38. The highest BCUT2D eigenvalue weighted by molar-refractivity contribution is 9.09. The normalized spacial score (nSPS) is 18.2. The van der Waals surface area contributed by atoms with E-state index in [1.807, 2.05) is 9.80 Å². The van der Waals surface area contributed by atoms with E-state index in [1.54, 1.807) is 0 Å². The summed E-state index contributed by atoms with van der Waals surface area (Å²) in [4.78, 5) is 26.3. The molecule has 0 atom stereocenters. The van der Waals surface area contributed by atoms with Gasteiger partial charge < -0.3 is 10.6 Å². The van der Waals surface area contributed by atoms with Crippen molar-refractivity contribution in [3.8, 4) is 0 Å². The maximum absolute atomic E-state index is 11.7. The molecule has 0 saturated carbocycles. The molecule has 0 aromatic heterocycles. The summed E-state index contributed by atoms with van der Waals surface area (Å²) in [5, 5.41) is 0.702. The summed E-state index contributed by atoms with van der Waals surface area (Å²) in [6, 6.07) is 0. The topological polar surface area (TPSA) is 66.6 Å². The van der Waals surface area contributed by atoms with Crippen LogP contribution in [-0.4, -0.2) is 59.7 Å². The monoisotopic (exact) mass is 291 g/mol. The van der Waals surface area contributed by atoms with Crippen LogP contribution in [0.15, 0.2) is 0 Å². The van der Waals surface area contributed by atoms with E-state index in [2.05, 4.69) is 15.9 Å². The Balaban J connectivity index is 2.39. The van der Waals surface area contributed by atoms with E-state index in [0.717, 1.165) is 26.1 Å². The molecule has 1 heterocycles. The van der Waals surface area contributed by atoms with Crippen molar-refractivity contribution >= 4 is 27.7 Å². The van der Waals surface area contributed by atoms with Gasteiger partial charge in [-0.1, -0.05) is 15.9 Å². The minimum absolute atomic E-state index is 0.179. The van der Waals surface area contributed by atoms with Crippen LogP contribution in [0.2, 0.25) is 0 Å². The molecule has 1 rings (SSSR count). The lowest BCUT2D eigenvalue weighted by molar-refractivity contribution is -0.130. The van der Waals surface area contributed by atoms with Crippen LogP contribution < -0.4 is 5.73 Å². The first-order valence-electron chi connectivity index (χ1n) is 5.48. The van der Waals surface area contributed by atoms with E-state index in [4.69, 9.17) is 5.73 Å². The molecular formula is C10H18BrN3O2. The second kappa shape index (κ2) is 6.85. The van der Waals surface area contributed by atoms with Gasteiger partial charge >= 0.3 is 0 Å². The van der Waals surface area contributed by atoms with Crippen molar-refractivity contribution in [2.45, 2.75) is 12.8 Å². The van der Waals surface area contributed by atoms with Gasteiger partial charge in [-0.25, -0.2) is 0 Å². The fraction of sp³-hybridized carbons (Fsp3) is 0.800. The molecule has 0 aliphatic carbocycles. The molecule has 1 fully saturated rings. The van der Waals surface area contributed by atoms with Crippen LogP contribution in [0.3, 0.4) is 0 Å². The van der Waals surface area contributed by atoms with Crippen molar-refractivity contribution in [2.24, 2.45) is 5.73 Å². The number of carbonyl (C=O) groups excluding carboxylic acids is 2. The summed E-state index contributed by atoms with van der Waals surface area (Å²) < 4.78 is 0. The lowest BCUT2D eigenvalue weighted by atomic mass is 10.3. The van der Waals surface area contributed by atoms with E-state index in [9.17, 15) is 9.59 Å². The molecule has 16 heavy (non-hydrogen) atoms. The van der Waals surface area contributed by atoms with Gasteiger partial charge in [-0.2, -0.15) is 0 Å². The van der Waals surface area contributed by atoms with Gasteiger partial charge in [-0.05, 0) is 6.42 Å². The highest BCUT2D eigenvalue weighted by atomic mass is 79.9. The fourth-order valence-corrected chi connectivity index (χ4v) is 2.18. The van der Waals surface area contributed by atoms with Gasteiger partial charge in [0.1, 0.15) is 0 Å². The van der Waals surface area contributed by atoms with Gasteiger partial charge in [0.25, 0.3) is 0 Å². The Hall–Kier alpha value is -0.620. The third-order valence-corrected chi connectivity index (χ3v) is 3.03. The molecule has 92 valence electrons. The molecule has 0 radical (unpaired) electrons. The van der Waals surface area contributed by atoms with Crippen LogP contribution in [0.1, 0.15) is 12.8 Å². The van der Waals surface area contributed by atoms with Gasteiger partial charge in [0.15, 0.2) is 0 Å². The Bertz CT molecular complexity index is 260. The van der Waals surface area contributed by atoms with Gasteiger partial charge in [-0.3, -0.25) is 14.5 Å². The molecule has 6 heteroatoms. The van der Waals surface area contributed by atoms with Crippen LogP contribution in [0.25, 0.3) is 0 Å². The largest absolute Gasteiger partial charge is 0.369 e. The summed E-state index contributed by atoms with van der Waals surface area (Å²) in [6.07, 6.45) is 1.44. The molecule has 1 aliphatic heterocycles. The summed E-state index contributed by atoms with van der Waals surface area (Å²) in [5.41, 5.74) is 5.15. The summed E-state index contributed by atoms with van der Waals surface area (Å²) in [6.45, 7) is 3.33. The quantitative estimate of drug-likeness (QED) is 0.729. The standard InChI is InChI=1S/C10H18BrN3O2/c11-3-2-10(16)14-5-1-4-13(6-7-14)8-9(12)15/h1-8H2,(H2,12,15). The molecule has 0 aromatic carbocycles. The third kappa shape index (κ3) is 4.49. The molecule has 2 amide bonds. The first-order valence-corrected chi connectivity index (χ1v) is 6.60. The highest BCUT2D eigenvalue weighted by Crippen LogP contribution is 2.05. The van der Waals surface area contributed by atoms with Crippen molar-refractivity contribution in [2.75, 3.05) is 38.1 Å². The number of rotatable bonds is 4. The number of amides is 2. The Morgan fingerprint density at radius 2 is 1.94 bits per heavy atom. The Labute approximate surface area is 104 Å². The molecular weight excluding hydrogens is 274 g/mol. The minimum atomic E-state index is -0.305. The predicted molar refractivity (Wildman–Crippen MR) is 65.2 cm³/mol. The molecule has 1 aliphatic rings. The number of hydrogen-bond donors (Lipinski definition) is 1. The van der Waals surface area contributed by atoms with Gasteiger partial charge in [0.2, 0.25) is 11.8 Å². The van der Waals surface area contributed by atoms with Crippen LogP contribution in [0.5, 0.6) is 0 Å². The predicted octanol–water partition coefficient (Wildman–Crippen LogP) is -0.209. The number of carbonyl (C=O) groups is 2. The molecule has 0 spiro atoms. The van der Waals surface area contributed by atoms with Crippen LogP contribution in [0.4, 0.5) is 0 Å². The molecule has 0 bridgehead atoms. The second-order valence-electron chi connectivity index (χ2n) is 3.92. The molecule has 0 aromatic rings. The first-order chi connectivity index (χ1) is 7.63. The highest BCUT2D eigenvalue weighted by Gasteiger charge is 2.19. The Morgan fingerprint density at radius 1 is 1.19 bits per heavy atom. The number of hydrogen-bond acceptors (Lipinski definition) is 3. The average molecular weight is 292 g/mol. The second-order valence-corrected chi connectivity index (χ2v) is 4.71. The zero-order chi connectivity index (χ0) is 12.0. The van der Waals surface area contributed by atoms with Crippen LogP contribution in [-0.2, 0) is 9.59 Å². The number of nitrogens with zero attached hydrogens (tertiary/aromatic N) is 2. The van der Waals surface area contributed by atoms with Gasteiger partial charge in [-0.15, -0.1) is 0 Å². The summed E-state index contributed by atoms with van der Waals surface area (Å²) >= 11 is 3.26. The van der Waals surface area contributed by atoms with Crippen LogP contribution in [0, 0.1) is 0 Å². The zero-order valence-corrected chi connectivity index (χ0v) is 10.9. The molecule has 0 unspecified atom stereocenters. The summed E-state index contributed by atoms with van der Waals surface area (Å²) in [7, 11) is 0. The smallest absolute Gasteiger partial charge is 0.231 e. The SMILES string of the molecule is NC(=O)CN1CCCN(C(=O)CCBr)CC1. The number of alkyl halides is 1. The number of primary amides is 1. The average Bonchev–Trinajstić information content (AvgIpc) is 2.43. The number of halogens is 1. The van der Waals surface area contributed by atoms with Gasteiger partial charge in [0.05, 0.1) is 6.54 Å². The van der Waals surface area contributed by atoms with E-state index in [1.165, 1.54) is 0 Å². The molecule has 2 N–H and O–H groups in total. The minimum Gasteiger partial charge on any atom is -0.369 e. The van der Waals surface area contributed by atoms with Crippen molar-refractivity contribution in [1.29, 1.82) is 0 Å². The Kier molecular flexibility index (Phi) is 5.76. The fourth-order valence-electron chi connectivity index (χ4n) is 1.84. The van der Waals surface area contributed by atoms with E-state index < -0.39 is 0 Å². The first kappa shape index (κ1) is 13.4. The van der Waals surface area contributed by atoms with Gasteiger partial charge in [0, 0.05) is 37.9 Å². The van der Waals surface area contributed by atoms with E-state index >= 15 is 0 Å². The third-order valence-electron chi connectivity index (χ3n) is 2.63. The summed E-state index contributed by atoms with van der Waals surface area (Å²) in [5.74, 6) is -0.127. The molecule has 1 saturated heterocycles. The zero-order valence-electron chi connectivity index (χ0n) is 9.32. The van der Waals surface area contributed by atoms with Crippen molar-refractivity contribution in [3.63, 3.8) is 0 Å². The van der Waals surface area contributed by atoms with E-state index in [0.29, 0.717) is 24.8 Å². The molecule has 5 nitrogen and oxygen atoms in total. The van der Waals surface area contributed by atoms with E-state index in [-0.39, 0.29) is 11.8 Å².